The topological polar surface area (TPSA) is 80.2 Å². The van der Waals surface area contributed by atoms with Crippen LogP contribution >= 0.6 is 23.2 Å². The zero-order valence-corrected chi connectivity index (χ0v) is 14.1. The molecule has 24 heavy (non-hydrogen) atoms. The van der Waals surface area contributed by atoms with E-state index in [1.807, 2.05) is 0 Å². The van der Waals surface area contributed by atoms with Crippen molar-refractivity contribution in [1.82, 2.24) is 5.43 Å². The number of hydrazone groups is 1. The SMILES string of the molecule is COc1ccc(/C=N/NC(=O)COc2cc(Cl)ccc2Cl)cc1O. The number of rotatable bonds is 6. The standard InChI is InChI=1S/C16H14Cl2N2O4/c1-23-14-5-2-10(6-13(14)21)8-19-20-16(22)9-24-15-7-11(17)3-4-12(15)18/h2-8,21H,9H2,1H3,(H,20,22)/b19-8+. The number of benzene rings is 2. The molecule has 0 aliphatic carbocycles. The molecule has 8 heteroatoms. The number of amides is 1. The van der Waals surface area contributed by atoms with Gasteiger partial charge in [-0.3, -0.25) is 4.79 Å². The van der Waals surface area contributed by atoms with Crippen LogP contribution in [-0.4, -0.2) is 30.9 Å². The summed E-state index contributed by atoms with van der Waals surface area (Å²) in [7, 11) is 1.45. The number of hydrogen-bond acceptors (Lipinski definition) is 5. The van der Waals surface area contributed by atoms with Gasteiger partial charge in [0.15, 0.2) is 18.1 Å². The van der Waals surface area contributed by atoms with E-state index in [2.05, 4.69) is 10.5 Å². The summed E-state index contributed by atoms with van der Waals surface area (Å²) in [5.41, 5.74) is 2.89. The van der Waals surface area contributed by atoms with Gasteiger partial charge < -0.3 is 14.6 Å². The lowest BCUT2D eigenvalue weighted by molar-refractivity contribution is -0.123. The molecule has 0 aliphatic heterocycles. The third kappa shape index (κ3) is 5.04. The quantitative estimate of drug-likeness (QED) is 0.605. The molecule has 1 amide bonds. The molecule has 0 atom stereocenters. The van der Waals surface area contributed by atoms with E-state index in [1.165, 1.54) is 25.5 Å². The number of carbonyl (C=O) groups excluding carboxylic acids is 1. The molecule has 6 nitrogen and oxygen atoms in total. The predicted octanol–water partition coefficient (Wildman–Crippen LogP) is 3.24. The molecule has 0 spiro atoms. The van der Waals surface area contributed by atoms with E-state index in [-0.39, 0.29) is 12.4 Å². The van der Waals surface area contributed by atoms with Crippen molar-refractivity contribution in [1.29, 1.82) is 0 Å². The molecule has 2 N–H and O–H groups in total. The average Bonchev–Trinajstić information content (AvgIpc) is 2.56. The molecule has 0 aromatic heterocycles. The molecule has 126 valence electrons. The minimum atomic E-state index is -0.472. The molecule has 0 saturated heterocycles. The molecule has 0 heterocycles. The number of hydrogen-bond donors (Lipinski definition) is 2. The van der Waals surface area contributed by atoms with Crippen LogP contribution in [0.15, 0.2) is 41.5 Å². The number of aromatic hydroxyl groups is 1. The van der Waals surface area contributed by atoms with E-state index in [0.29, 0.717) is 27.1 Å². The number of ether oxygens (including phenoxy) is 2. The van der Waals surface area contributed by atoms with Crippen molar-refractivity contribution in [2.45, 2.75) is 0 Å². The highest BCUT2D eigenvalue weighted by molar-refractivity contribution is 6.34. The van der Waals surface area contributed by atoms with Gasteiger partial charge in [0.25, 0.3) is 5.91 Å². The van der Waals surface area contributed by atoms with Gasteiger partial charge in [0.1, 0.15) is 5.75 Å². The van der Waals surface area contributed by atoms with Gasteiger partial charge in [-0.05, 0) is 35.9 Å². The first-order valence-electron chi connectivity index (χ1n) is 6.76. The van der Waals surface area contributed by atoms with Gasteiger partial charge in [-0.15, -0.1) is 0 Å². The first-order chi connectivity index (χ1) is 11.5. The maximum atomic E-state index is 11.7. The van der Waals surface area contributed by atoms with Gasteiger partial charge in [0.05, 0.1) is 18.3 Å². The average molecular weight is 369 g/mol. The van der Waals surface area contributed by atoms with Gasteiger partial charge in [-0.25, -0.2) is 5.43 Å². The van der Waals surface area contributed by atoms with Crippen LogP contribution in [0.4, 0.5) is 0 Å². The third-order valence-corrected chi connectivity index (χ3v) is 3.41. The Morgan fingerprint density at radius 2 is 2.04 bits per heavy atom. The highest BCUT2D eigenvalue weighted by Gasteiger charge is 2.06. The lowest BCUT2D eigenvalue weighted by atomic mass is 10.2. The lowest BCUT2D eigenvalue weighted by Crippen LogP contribution is -2.24. The summed E-state index contributed by atoms with van der Waals surface area (Å²) in [6, 6.07) is 9.42. The second kappa shape index (κ2) is 8.42. The maximum Gasteiger partial charge on any atom is 0.277 e. The van der Waals surface area contributed by atoms with E-state index in [9.17, 15) is 9.90 Å². The number of phenolic OH excluding ortho intramolecular Hbond substituents is 1. The second-order valence-corrected chi connectivity index (χ2v) is 5.43. The lowest BCUT2D eigenvalue weighted by Gasteiger charge is -2.07. The number of carbonyl (C=O) groups is 1. The number of nitrogens with zero attached hydrogens (tertiary/aromatic N) is 1. The van der Waals surface area contributed by atoms with Crippen molar-refractivity contribution in [3.8, 4) is 17.2 Å². The second-order valence-electron chi connectivity index (χ2n) is 4.59. The molecule has 0 aliphatic rings. The van der Waals surface area contributed by atoms with Crippen LogP contribution in [0.1, 0.15) is 5.56 Å². The Morgan fingerprint density at radius 1 is 1.25 bits per heavy atom. The number of phenols is 1. The molecule has 0 saturated carbocycles. The van der Waals surface area contributed by atoms with Crippen LogP contribution in [0, 0.1) is 0 Å². The fourth-order valence-corrected chi connectivity index (χ4v) is 2.06. The molecule has 2 aromatic rings. The molecule has 0 bridgehead atoms. The normalized spacial score (nSPS) is 10.6. The van der Waals surface area contributed by atoms with Gasteiger partial charge in [0, 0.05) is 11.1 Å². The van der Waals surface area contributed by atoms with Crippen molar-refractivity contribution in [2.75, 3.05) is 13.7 Å². The summed E-state index contributed by atoms with van der Waals surface area (Å²) in [5, 5.41) is 14.2. The van der Waals surface area contributed by atoms with Crippen molar-refractivity contribution in [3.05, 3.63) is 52.0 Å². The van der Waals surface area contributed by atoms with Gasteiger partial charge in [-0.2, -0.15) is 5.10 Å². The van der Waals surface area contributed by atoms with Crippen LogP contribution in [0.2, 0.25) is 10.0 Å². The number of methoxy groups -OCH3 is 1. The van der Waals surface area contributed by atoms with Gasteiger partial charge >= 0.3 is 0 Å². The highest BCUT2D eigenvalue weighted by Crippen LogP contribution is 2.27. The molecular weight excluding hydrogens is 355 g/mol. The third-order valence-electron chi connectivity index (χ3n) is 2.86. The van der Waals surface area contributed by atoms with E-state index in [4.69, 9.17) is 32.7 Å². The number of nitrogens with one attached hydrogen (secondary N) is 1. The minimum absolute atomic E-state index is 0.0216. The zero-order valence-electron chi connectivity index (χ0n) is 12.6. The summed E-state index contributed by atoms with van der Waals surface area (Å²) in [4.78, 5) is 11.7. The minimum Gasteiger partial charge on any atom is -0.504 e. The Bertz CT molecular complexity index is 766. The summed E-state index contributed by atoms with van der Waals surface area (Å²) in [5.74, 6) is 0.165. The van der Waals surface area contributed by atoms with Crippen LogP contribution < -0.4 is 14.9 Å². The Labute approximate surface area is 148 Å². The monoisotopic (exact) mass is 368 g/mol. The zero-order chi connectivity index (χ0) is 17.5. The van der Waals surface area contributed by atoms with Crippen LogP contribution in [-0.2, 0) is 4.79 Å². The van der Waals surface area contributed by atoms with E-state index < -0.39 is 5.91 Å². The maximum absolute atomic E-state index is 11.7. The van der Waals surface area contributed by atoms with Crippen LogP contribution in [0.3, 0.4) is 0 Å². The summed E-state index contributed by atoms with van der Waals surface area (Å²) in [6.07, 6.45) is 1.38. The van der Waals surface area contributed by atoms with Crippen molar-refractivity contribution >= 4 is 35.3 Å². The number of halogens is 2. The van der Waals surface area contributed by atoms with Crippen molar-refractivity contribution < 1.29 is 19.4 Å². The summed E-state index contributed by atoms with van der Waals surface area (Å²) < 4.78 is 10.2. The first kappa shape index (κ1) is 17.9. The molecule has 0 unspecified atom stereocenters. The molecule has 0 fully saturated rings. The smallest absolute Gasteiger partial charge is 0.277 e. The largest absolute Gasteiger partial charge is 0.504 e. The van der Waals surface area contributed by atoms with Crippen LogP contribution in [0.25, 0.3) is 0 Å². The Kier molecular flexibility index (Phi) is 6.28. The Balaban J connectivity index is 1.86. The summed E-state index contributed by atoms with van der Waals surface area (Å²) in [6.45, 7) is -0.273. The first-order valence-corrected chi connectivity index (χ1v) is 7.52. The van der Waals surface area contributed by atoms with E-state index >= 15 is 0 Å². The molecule has 2 rings (SSSR count). The molecule has 2 aromatic carbocycles. The summed E-state index contributed by atoms with van der Waals surface area (Å²) >= 11 is 11.8. The fourth-order valence-electron chi connectivity index (χ4n) is 1.73. The fraction of sp³-hybridized carbons (Fsp3) is 0.125. The Morgan fingerprint density at radius 3 is 2.75 bits per heavy atom. The highest BCUT2D eigenvalue weighted by atomic mass is 35.5. The molecule has 0 radical (unpaired) electrons. The predicted molar refractivity (Wildman–Crippen MR) is 92.4 cm³/mol. The van der Waals surface area contributed by atoms with E-state index in [0.717, 1.165) is 0 Å². The van der Waals surface area contributed by atoms with Crippen LogP contribution in [0.5, 0.6) is 17.2 Å². The Hall–Kier alpha value is -2.44. The van der Waals surface area contributed by atoms with Gasteiger partial charge in [-0.1, -0.05) is 23.2 Å². The van der Waals surface area contributed by atoms with Crippen molar-refractivity contribution in [3.63, 3.8) is 0 Å². The van der Waals surface area contributed by atoms with E-state index in [1.54, 1.807) is 24.3 Å². The molecular formula is C16H14Cl2N2O4. The van der Waals surface area contributed by atoms with Crippen molar-refractivity contribution in [2.24, 2.45) is 5.10 Å². The van der Waals surface area contributed by atoms with Gasteiger partial charge in [0.2, 0.25) is 0 Å².